The molecule has 9 heteroatoms. The largest absolute Gasteiger partial charge is 0.502 e. The Morgan fingerprint density at radius 3 is 2.47 bits per heavy atom. The van der Waals surface area contributed by atoms with Gasteiger partial charge in [-0.25, -0.2) is 8.42 Å². The standard InChI is InChI=1S/C23H17NO7S/c1-13-2-6-16(7-3-13)32(27,28)24-15-5-9-18-17(11-15)21(25)22(26)23(31-18)14-4-8-19-20(10-14)30-12-29-19/h2-11,24,26H,12H2,1H3. The number of anilines is 1. The van der Waals surface area contributed by atoms with E-state index >= 15 is 0 Å². The van der Waals surface area contributed by atoms with E-state index in [2.05, 4.69) is 4.72 Å². The zero-order chi connectivity index (χ0) is 22.5. The van der Waals surface area contributed by atoms with Gasteiger partial charge in [0, 0.05) is 11.3 Å². The Balaban J connectivity index is 1.54. The molecule has 5 rings (SSSR count). The maximum absolute atomic E-state index is 12.8. The number of rotatable bonds is 4. The van der Waals surface area contributed by atoms with Crippen molar-refractivity contribution in [2.75, 3.05) is 11.5 Å². The summed E-state index contributed by atoms with van der Waals surface area (Å²) in [4.78, 5) is 12.9. The second kappa shape index (κ2) is 7.31. The predicted octanol–water partition coefficient (Wildman–Crippen LogP) is 4.00. The van der Waals surface area contributed by atoms with E-state index in [9.17, 15) is 18.3 Å². The fourth-order valence-electron chi connectivity index (χ4n) is 3.41. The average molecular weight is 451 g/mol. The molecule has 4 aromatic rings. The Bertz CT molecular complexity index is 1520. The van der Waals surface area contributed by atoms with Gasteiger partial charge in [-0.15, -0.1) is 0 Å². The molecule has 0 aliphatic carbocycles. The quantitative estimate of drug-likeness (QED) is 0.482. The van der Waals surface area contributed by atoms with Gasteiger partial charge in [-0.3, -0.25) is 9.52 Å². The molecule has 162 valence electrons. The van der Waals surface area contributed by atoms with Gasteiger partial charge in [0.1, 0.15) is 5.58 Å². The normalized spacial score (nSPS) is 12.8. The lowest BCUT2D eigenvalue weighted by Gasteiger charge is -2.10. The van der Waals surface area contributed by atoms with Crippen LogP contribution in [-0.2, 0) is 10.0 Å². The smallest absolute Gasteiger partial charge is 0.261 e. The van der Waals surface area contributed by atoms with Crippen LogP contribution in [0.4, 0.5) is 5.69 Å². The van der Waals surface area contributed by atoms with Crippen molar-refractivity contribution in [1.29, 1.82) is 0 Å². The number of aryl methyl sites for hydroxylation is 1. The van der Waals surface area contributed by atoms with Gasteiger partial charge in [-0.2, -0.15) is 0 Å². The zero-order valence-electron chi connectivity index (χ0n) is 16.8. The molecule has 0 bridgehead atoms. The molecular formula is C23H17NO7S. The third-order valence-corrected chi connectivity index (χ3v) is 6.48. The van der Waals surface area contributed by atoms with E-state index in [4.69, 9.17) is 13.9 Å². The number of hydrogen-bond acceptors (Lipinski definition) is 7. The van der Waals surface area contributed by atoms with E-state index in [0.717, 1.165) is 5.56 Å². The van der Waals surface area contributed by atoms with E-state index in [1.807, 2.05) is 6.92 Å². The summed E-state index contributed by atoms with van der Waals surface area (Å²) >= 11 is 0. The molecule has 1 aliphatic rings. The van der Waals surface area contributed by atoms with Gasteiger partial charge in [-0.05, 0) is 55.5 Å². The molecule has 32 heavy (non-hydrogen) atoms. The highest BCUT2D eigenvalue weighted by Gasteiger charge is 2.21. The van der Waals surface area contributed by atoms with Gasteiger partial charge in [0.15, 0.2) is 17.3 Å². The van der Waals surface area contributed by atoms with Gasteiger partial charge in [-0.1, -0.05) is 17.7 Å². The van der Waals surface area contributed by atoms with Crippen molar-refractivity contribution in [3.05, 3.63) is 76.5 Å². The van der Waals surface area contributed by atoms with Gasteiger partial charge >= 0.3 is 0 Å². The molecule has 0 radical (unpaired) electrons. The van der Waals surface area contributed by atoms with E-state index in [-0.39, 0.29) is 34.1 Å². The molecule has 1 aliphatic heterocycles. The molecule has 1 aromatic heterocycles. The molecule has 8 nitrogen and oxygen atoms in total. The summed E-state index contributed by atoms with van der Waals surface area (Å²) < 4.78 is 44.1. The van der Waals surface area contributed by atoms with Crippen molar-refractivity contribution in [3.8, 4) is 28.6 Å². The van der Waals surface area contributed by atoms with Crippen molar-refractivity contribution in [3.63, 3.8) is 0 Å². The number of benzene rings is 3. The Morgan fingerprint density at radius 1 is 0.938 bits per heavy atom. The lowest BCUT2D eigenvalue weighted by molar-refractivity contribution is 0.174. The SMILES string of the molecule is Cc1ccc(S(=O)(=O)Nc2ccc3oc(-c4ccc5c(c4)OCO5)c(O)c(=O)c3c2)cc1. The first kappa shape index (κ1) is 20.0. The van der Waals surface area contributed by atoms with Crippen LogP contribution in [0.15, 0.2) is 74.8 Å². The van der Waals surface area contributed by atoms with Gasteiger partial charge in [0.05, 0.1) is 10.3 Å². The monoisotopic (exact) mass is 451 g/mol. The maximum Gasteiger partial charge on any atom is 0.261 e. The van der Waals surface area contributed by atoms with Crippen LogP contribution in [0.25, 0.3) is 22.3 Å². The van der Waals surface area contributed by atoms with Gasteiger partial charge in [0.2, 0.25) is 18.0 Å². The van der Waals surface area contributed by atoms with Crippen LogP contribution in [0.2, 0.25) is 0 Å². The second-order valence-corrected chi connectivity index (χ2v) is 8.99. The van der Waals surface area contributed by atoms with Crippen molar-refractivity contribution in [2.24, 2.45) is 0 Å². The van der Waals surface area contributed by atoms with Crippen molar-refractivity contribution >= 4 is 26.7 Å². The topological polar surface area (TPSA) is 115 Å². The van der Waals surface area contributed by atoms with Crippen LogP contribution in [0.1, 0.15) is 5.56 Å². The molecule has 0 saturated carbocycles. The summed E-state index contributed by atoms with van der Waals surface area (Å²) in [6, 6.07) is 15.6. The minimum absolute atomic E-state index is 0.0196. The first-order chi connectivity index (χ1) is 15.3. The van der Waals surface area contributed by atoms with Crippen LogP contribution < -0.4 is 19.6 Å². The Kier molecular flexibility index (Phi) is 4.56. The fourth-order valence-corrected chi connectivity index (χ4v) is 4.46. The number of ether oxygens (including phenoxy) is 2. The highest BCUT2D eigenvalue weighted by Crippen LogP contribution is 2.38. The molecule has 2 heterocycles. The molecule has 0 atom stereocenters. The Labute approximate surface area is 182 Å². The summed E-state index contributed by atoms with van der Waals surface area (Å²) in [6.07, 6.45) is 0. The van der Waals surface area contributed by atoms with Crippen LogP contribution >= 0.6 is 0 Å². The van der Waals surface area contributed by atoms with Crippen LogP contribution in [0, 0.1) is 6.92 Å². The number of aromatic hydroxyl groups is 1. The summed E-state index contributed by atoms with van der Waals surface area (Å²) in [7, 11) is -3.85. The van der Waals surface area contributed by atoms with Gasteiger partial charge < -0.3 is 19.0 Å². The summed E-state index contributed by atoms with van der Waals surface area (Å²) in [5.41, 5.74) is 1.05. The molecule has 0 amide bonds. The predicted molar refractivity (Wildman–Crippen MR) is 118 cm³/mol. The highest BCUT2D eigenvalue weighted by atomic mass is 32.2. The lowest BCUT2D eigenvalue weighted by atomic mass is 10.1. The van der Waals surface area contributed by atoms with E-state index in [1.165, 1.54) is 30.3 Å². The molecule has 2 N–H and O–H groups in total. The minimum atomic E-state index is -3.85. The van der Waals surface area contributed by atoms with Crippen molar-refractivity contribution in [1.82, 2.24) is 0 Å². The number of hydrogen-bond donors (Lipinski definition) is 2. The highest BCUT2D eigenvalue weighted by molar-refractivity contribution is 7.92. The zero-order valence-corrected chi connectivity index (χ0v) is 17.6. The summed E-state index contributed by atoms with van der Waals surface area (Å²) in [5.74, 6) is 0.427. The number of fused-ring (bicyclic) bond motifs is 2. The fraction of sp³-hybridized carbons (Fsp3) is 0.0870. The Morgan fingerprint density at radius 2 is 1.69 bits per heavy atom. The first-order valence-electron chi connectivity index (χ1n) is 9.61. The summed E-state index contributed by atoms with van der Waals surface area (Å²) in [6.45, 7) is 1.95. The Hall–Kier alpha value is -3.98. The molecule has 0 unspecified atom stereocenters. The molecule has 0 fully saturated rings. The van der Waals surface area contributed by atoms with Crippen molar-refractivity contribution in [2.45, 2.75) is 11.8 Å². The first-order valence-corrected chi connectivity index (χ1v) is 11.1. The molecule has 3 aromatic carbocycles. The van der Waals surface area contributed by atoms with Crippen molar-refractivity contribution < 1.29 is 27.4 Å². The van der Waals surface area contributed by atoms with E-state index < -0.39 is 21.2 Å². The third-order valence-electron chi connectivity index (χ3n) is 5.08. The molecular weight excluding hydrogens is 434 g/mol. The lowest BCUT2D eigenvalue weighted by Crippen LogP contribution is -2.13. The molecule has 0 saturated heterocycles. The van der Waals surface area contributed by atoms with Crippen LogP contribution in [0.3, 0.4) is 0 Å². The average Bonchev–Trinajstić information content (AvgIpc) is 3.24. The van der Waals surface area contributed by atoms with E-state index in [1.54, 1.807) is 30.3 Å². The second-order valence-electron chi connectivity index (χ2n) is 7.31. The maximum atomic E-state index is 12.8. The minimum Gasteiger partial charge on any atom is -0.502 e. The van der Waals surface area contributed by atoms with Crippen LogP contribution in [-0.4, -0.2) is 20.3 Å². The summed E-state index contributed by atoms with van der Waals surface area (Å²) in [5, 5.41) is 10.5. The number of sulfonamides is 1. The third kappa shape index (κ3) is 3.42. The van der Waals surface area contributed by atoms with Gasteiger partial charge in [0.25, 0.3) is 10.0 Å². The number of nitrogens with one attached hydrogen (secondary N) is 1. The van der Waals surface area contributed by atoms with Crippen LogP contribution in [0.5, 0.6) is 17.2 Å². The molecule has 0 spiro atoms. The van der Waals surface area contributed by atoms with E-state index in [0.29, 0.717) is 17.1 Å².